The minimum atomic E-state index is -1.49. The van der Waals surface area contributed by atoms with Crippen LogP contribution in [0, 0.1) is 0 Å². The summed E-state index contributed by atoms with van der Waals surface area (Å²) in [5.41, 5.74) is -0.735. The highest BCUT2D eigenvalue weighted by Gasteiger charge is 2.21. The van der Waals surface area contributed by atoms with Gasteiger partial charge in [-0.1, -0.05) is 5.16 Å². The number of carbonyl (C=O) groups excluding carboxylic acids is 1. The van der Waals surface area contributed by atoms with Gasteiger partial charge in [-0.25, -0.2) is 14.6 Å². The van der Waals surface area contributed by atoms with Crippen molar-refractivity contribution in [1.29, 1.82) is 0 Å². The highest BCUT2D eigenvalue weighted by Crippen LogP contribution is 2.07. The fourth-order valence-electron chi connectivity index (χ4n) is 0.673. The smallest absolute Gasteiger partial charge is 0.368 e. The van der Waals surface area contributed by atoms with Crippen molar-refractivity contribution >= 4 is 29.2 Å². The quantitative estimate of drug-likeness (QED) is 0.313. The van der Waals surface area contributed by atoms with Crippen LogP contribution >= 0.6 is 11.5 Å². The predicted octanol–water partition coefficient (Wildman–Crippen LogP) is -0.412. The molecule has 1 aromatic rings. The molecule has 0 aromatic carbocycles. The molecule has 0 fully saturated rings. The summed E-state index contributed by atoms with van der Waals surface area (Å²) in [4.78, 5) is 25.0. The van der Waals surface area contributed by atoms with E-state index in [1.54, 1.807) is 0 Å². The molecule has 1 rings (SSSR count). The summed E-state index contributed by atoms with van der Waals surface area (Å²) in [5.74, 6) is -2.57. The first-order valence-corrected chi connectivity index (χ1v) is 4.25. The number of hydrogen-bond acceptors (Lipinski definition) is 8. The van der Waals surface area contributed by atoms with Gasteiger partial charge in [-0.2, -0.15) is 4.37 Å². The van der Waals surface area contributed by atoms with Crippen LogP contribution in [-0.2, 0) is 9.53 Å². The molecule has 0 unspecified atom stereocenters. The van der Waals surface area contributed by atoms with Gasteiger partial charge in [0.25, 0.3) is 0 Å². The Balaban J connectivity index is 3.03. The number of ether oxygens (including phenoxy) is 1. The van der Waals surface area contributed by atoms with Crippen molar-refractivity contribution in [3.05, 3.63) is 10.8 Å². The molecular formula is C6H5N3O5S. The number of rotatable bonds is 3. The van der Waals surface area contributed by atoms with Crippen LogP contribution in [0.15, 0.2) is 5.16 Å². The molecule has 0 radical (unpaired) electrons. The second-order valence-corrected chi connectivity index (χ2v) is 2.92. The van der Waals surface area contributed by atoms with Crippen molar-refractivity contribution in [2.45, 2.75) is 0 Å². The topological polar surface area (TPSA) is 122 Å². The number of methoxy groups -OCH3 is 1. The normalized spacial score (nSPS) is 11.1. The molecule has 0 saturated heterocycles. The minimum absolute atomic E-state index is 0.116. The average Bonchev–Trinajstić information content (AvgIpc) is 2.66. The number of esters is 1. The third-order valence-electron chi connectivity index (χ3n) is 1.30. The molecule has 80 valence electrons. The van der Waals surface area contributed by atoms with Gasteiger partial charge in [-0.15, -0.1) is 0 Å². The molecule has 0 bridgehead atoms. The summed E-state index contributed by atoms with van der Waals surface area (Å²) >= 11 is 0.652. The standard InChI is InChI=1S/C6H5N3O5S/c1-14-6(12)4-7-3(9-15-4)2(8-13)5(10)11/h13H,1H3,(H,10,11). The Kier molecular flexibility index (Phi) is 3.29. The van der Waals surface area contributed by atoms with Crippen molar-refractivity contribution in [3.63, 3.8) is 0 Å². The Labute approximate surface area is 87.0 Å². The third kappa shape index (κ3) is 2.26. The Hall–Kier alpha value is -2.03. The summed E-state index contributed by atoms with van der Waals surface area (Å²) in [7, 11) is 1.15. The van der Waals surface area contributed by atoms with Gasteiger partial charge >= 0.3 is 11.9 Å². The molecule has 0 atom stereocenters. The highest BCUT2D eigenvalue weighted by atomic mass is 32.1. The number of carboxylic acid groups (broad SMARTS) is 1. The Bertz CT molecular complexity index is 426. The van der Waals surface area contributed by atoms with Crippen LogP contribution in [-0.4, -0.2) is 44.4 Å². The molecule has 2 N–H and O–H groups in total. The zero-order valence-electron chi connectivity index (χ0n) is 7.37. The van der Waals surface area contributed by atoms with E-state index >= 15 is 0 Å². The third-order valence-corrected chi connectivity index (χ3v) is 2.00. The lowest BCUT2D eigenvalue weighted by molar-refractivity contribution is -0.129. The van der Waals surface area contributed by atoms with Gasteiger partial charge in [0.05, 0.1) is 7.11 Å². The van der Waals surface area contributed by atoms with Crippen LogP contribution < -0.4 is 0 Å². The van der Waals surface area contributed by atoms with Crippen LogP contribution in [0.4, 0.5) is 0 Å². The number of hydrogen-bond donors (Lipinski definition) is 2. The zero-order valence-corrected chi connectivity index (χ0v) is 8.19. The molecule has 1 heterocycles. The van der Waals surface area contributed by atoms with E-state index < -0.39 is 17.7 Å². The van der Waals surface area contributed by atoms with E-state index in [1.165, 1.54) is 0 Å². The largest absolute Gasteiger partial charge is 0.476 e. The lowest BCUT2D eigenvalue weighted by Gasteiger charge is -1.91. The summed E-state index contributed by atoms with van der Waals surface area (Å²) in [6.07, 6.45) is 0. The first kappa shape index (κ1) is 11.0. The SMILES string of the molecule is COC(=O)c1nc(C(=NO)C(=O)O)ns1. The number of aliphatic carboxylic acids is 1. The second-order valence-electron chi connectivity index (χ2n) is 2.17. The average molecular weight is 231 g/mol. The number of nitrogens with zero attached hydrogens (tertiary/aromatic N) is 3. The van der Waals surface area contributed by atoms with Gasteiger partial charge in [0.15, 0.2) is 0 Å². The first-order chi connectivity index (χ1) is 7.10. The van der Waals surface area contributed by atoms with E-state index in [2.05, 4.69) is 19.3 Å². The molecule has 0 saturated carbocycles. The monoisotopic (exact) mass is 231 g/mol. The Morgan fingerprint density at radius 3 is 2.67 bits per heavy atom. The number of oxime groups is 1. The lowest BCUT2D eigenvalue weighted by atomic mass is 10.4. The van der Waals surface area contributed by atoms with Crippen LogP contribution in [0.25, 0.3) is 0 Å². The molecule has 8 nitrogen and oxygen atoms in total. The number of carbonyl (C=O) groups is 2. The molecule has 15 heavy (non-hydrogen) atoms. The van der Waals surface area contributed by atoms with Crippen LogP contribution in [0.1, 0.15) is 15.6 Å². The molecule has 0 aliphatic heterocycles. The van der Waals surface area contributed by atoms with Crippen LogP contribution in [0.2, 0.25) is 0 Å². The highest BCUT2D eigenvalue weighted by molar-refractivity contribution is 7.07. The second kappa shape index (κ2) is 4.46. The maximum absolute atomic E-state index is 10.9. The number of aromatic nitrogens is 2. The fraction of sp³-hybridized carbons (Fsp3) is 0.167. The summed E-state index contributed by atoms with van der Waals surface area (Å²) < 4.78 is 7.88. The van der Waals surface area contributed by atoms with E-state index in [-0.39, 0.29) is 10.8 Å². The summed E-state index contributed by atoms with van der Waals surface area (Å²) in [6.45, 7) is 0. The van der Waals surface area contributed by atoms with Gasteiger partial charge in [0.1, 0.15) is 0 Å². The molecule has 0 spiro atoms. The Morgan fingerprint density at radius 2 is 2.20 bits per heavy atom. The maximum Gasteiger partial charge on any atom is 0.368 e. The van der Waals surface area contributed by atoms with Crippen molar-refractivity contribution in [1.82, 2.24) is 9.36 Å². The van der Waals surface area contributed by atoms with Gasteiger partial charge in [-0.3, -0.25) is 0 Å². The van der Waals surface area contributed by atoms with Crippen LogP contribution in [0.3, 0.4) is 0 Å². The minimum Gasteiger partial charge on any atom is -0.476 e. The molecular weight excluding hydrogens is 226 g/mol. The van der Waals surface area contributed by atoms with E-state index in [9.17, 15) is 9.59 Å². The maximum atomic E-state index is 10.9. The summed E-state index contributed by atoms with van der Waals surface area (Å²) in [5, 5.41) is 19.3. The Morgan fingerprint density at radius 1 is 1.53 bits per heavy atom. The van der Waals surface area contributed by atoms with Crippen molar-refractivity contribution in [2.75, 3.05) is 7.11 Å². The van der Waals surface area contributed by atoms with Gasteiger partial charge in [0, 0.05) is 0 Å². The van der Waals surface area contributed by atoms with E-state index in [4.69, 9.17) is 10.3 Å². The van der Waals surface area contributed by atoms with Gasteiger partial charge < -0.3 is 15.1 Å². The summed E-state index contributed by atoms with van der Waals surface area (Å²) in [6, 6.07) is 0. The van der Waals surface area contributed by atoms with Crippen molar-refractivity contribution < 1.29 is 24.6 Å². The van der Waals surface area contributed by atoms with Crippen LogP contribution in [0.5, 0.6) is 0 Å². The molecule has 9 heteroatoms. The van der Waals surface area contributed by atoms with E-state index in [0.717, 1.165) is 7.11 Å². The lowest BCUT2D eigenvalue weighted by Crippen LogP contribution is -2.16. The van der Waals surface area contributed by atoms with Gasteiger partial charge in [0.2, 0.25) is 16.5 Å². The van der Waals surface area contributed by atoms with E-state index in [0.29, 0.717) is 11.5 Å². The molecule has 1 aromatic heterocycles. The predicted molar refractivity (Wildman–Crippen MR) is 47.2 cm³/mol. The van der Waals surface area contributed by atoms with Gasteiger partial charge in [-0.05, 0) is 11.5 Å². The van der Waals surface area contributed by atoms with Crippen molar-refractivity contribution in [2.24, 2.45) is 5.16 Å². The first-order valence-electron chi connectivity index (χ1n) is 3.48. The fourth-order valence-corrected chi connectivity index (χ4v) is 1.26. The zero-order chi connectivity index (χ0) is 11.4. The molecule has 0 aliphatic rings. The molecule has 0 amide bonds. The van der Waals surface area contributed by atoms with E-state index in [1.807, 2.05) is 0 Å². The van der Waals surface area contributed by atoms with Crippen molar-refractivity contribution in [3.8, 4) is 0 Å². The number of carboxylic acids is 1. The molecule has 0 aliphatic carbocycles.